The molecule has 5 rings (SSSR count). The Bertz CT molecular complexity index is 1430. The van der Waals surface area contributed by atoms with Crippen molar-refractivity contribution >= 4 is 34.6 Å². The fraction of sp³-hybridized carbons (Fsp3) is 0.0345. The number of rotatable bonds is 6. The SMILES string of the molecule is O=c1cccc(Cc2ccc(Cl)nc2)n1N=P(c1ccccc1)(c1ccccc1)c1ccccc1. The van der Waals surface area contributed by atoms with E-state index in [1.807, 2.05) is 66.7 Å². The van der Waals surface area contributed by atoms with Gasteiger partial charge in [-0.3, -0.25) is 4.79 Å². The molecule has 0 atom stereocenters. The van der Waals surface area contributed by atoms with Crippen molar-refractivity contribution in [2.45, 2.75) is 6.42 Å². The Hall–Kier alpha value is -3.72. The summed E-state index contributed by atoms with van der Waals surface area (Å²) in [6.07, 6.45) is 2.24. The Morgan fingerprint density at radius 1 is 0.686 bits per heavy atom. The summed E-state index contributed by atoms with van der Waals surface area (Å²) in [4.78, 5) is 22.9. The van der Waals surface area contributed by atoms with Gasteiger partial charge in [-0.05, 0) is 17.7 Å². The van der Waals surface area contributed by atoms with Gasteiger partial charge in [0.15, 0.2) is 0 Å². The van der Waals surface area contributed by atoms with Crippen LogP contribution in [0.1, 0.15) is 11.3 Å². The van der Waals surface area contributed by atoms with E-state index in [9.17, 15) is 4.79 Å². The van der Waals surface area contributed by atoms with Gasteiger partial charge < -0.3 is 0 Å². The summed E-state index contributed by atoms with van der Waals surface area (Å²) in [7, 11) is -2.59. The van der Waals surface area contributed by atoms with E-state index in [4.69, 9.17) is 16.5 Å². The molecule has 0 aliphatic carbocycles. The topological polar surface area (TPSA) is 47.2 Å². The van der Waals surface area contributed by atoms with Gasteiger partial charge >= 0.3 is 0 Å². The maximum atomic E-state index is 13.3. The second kappa shape index (κ2) is 10.3. The molecule has 0 unspecified atom stereocenters. The second-order valence-electron chi connectivity index (χ2n) is 8.06. The summed E-state index contributed by atoms with van der Waals surface area (Å²) >= 11 is 5.98. The highest BCUT2D eigenvalue weighted by Crippen LogP contribution is 2.46. The molecular weight excluding hydrogens is 473 g/mol. The monoisotopic (exact) mass is 495 g/mol. The van der Waals surface area contributed by atoms with Gasteiger partial charge in [0.05, 0.1) is 12.7 Å². The first kappa shape index (κ1) is 23.0. The Labute approximate surface area is 209 Å². The van der Waals surface area contributed by atoms with E-state index in [-0.39, 0.29) is 5.56 Å². The van der Waals surface area contributed by atoms with Crippen molar-refractivity contribution < 1.29 is 0 Å². The van der Waals surface area contributed by atoms with Crippen LogP contribution in [0.5, 0.6) is 0 Å². The lowest BCUT2D eigenvalue weighted by molar-refractivity contribution is 0.777. The number of hydrogen-bond acceptors (Lipinski definition) is 3. The van der Waals surface area contributed by atoms with E-state index in [0.29, 0.717) is 11.6 Å². The quantitative estimate of drug-likeness (QED) is 0.233. The molecule has 0 aliphatic rings. The minimum atomic E-state index is -2.59. The summed E-state index contributed by atoms with van der Waals surface area (Å²) in [5.74, 6) is 0. The van der Waals surface area contributed by atoms with Crippen LogP contribution in [0.4, 0.5) is 0 Å². The maximum absolute atomic E-state index is 13.3. The number of hydrogen-bond donors (Lipinski definition) is 0. The molecule has 4 nitrogen and oxygen atoms in total. The molecule has 0 saturated carbocycles. The minimum Gasteiger partial charge on any atom is -0.267 e. The predicted molar refractivity (Wildman–Crippen MR) is 146 cm³/mol. The maximum Gasteiger partial charge on any atom is 0.271 e. The molecule has 0 N–H and O–H groups in total. The third-order valence-corrected chi connectivity index (χ3v) is 9.60. The largest absolute Gasteiger partial charge is 0.271 e. The molecule has 3 aromatic carbocycles. The van der Waals surface area contributed by atoms with Crippen LogP contribution in [-0.2, 0) is 6.42 Å². The number of aromatic nitrogens is 2. The van der Waals surface area contributed by atoms with Crippen LogP contribution in [0.2, 0.25) is 5.15 Å². The summed E-state index contributed by atoms with van der Waals surface area (Å²) < 4.78 is 1.58. The van der Waals surface area contributed by atoms with Crippen LogP contribution in [-0.4, -0.2) is 9.66 Å². The van der Waals surface area contributed by atoms with Crippen LogP contribution in [0.3, 0.4) is 0 Å². The third-order valence-electron chi connectivity index (χ3n) is 5.80. The number of pyridine rings is 2. The number of nitrogens with zero attached hydrogens (tertiary/aromatic N) is 3. The van der Waals surface area contributed by atoms with E-state index in [1.165, 1.54) is 0 Å². The smallest absolute Gasteiger partial charge is 0.267 e. The van der Waals surface area contributed by atoms with Crippen molar-refractivity contribution in [1.29, 1.82) is 0 Å². The van der Waals surface area contributed by atoms with Gasteiger partial charge in [-0.2, -0.15) is 4.85 Å². The van der Waals surface area contributed by atoms with Crippen LogP contribution >= 0.6 is 18.7 Å². The first-order valence-electron chi connectivity index (χ1n) is 11.3. The average Bonchev–Trinajstić information content (AvgIpc) is 2.91. The second-order valence-corrected chi connectivity index (χ2v) is 11.5. The van der Waals surface area contributed by atoms with Gasteiger partial charge in [-0.1, -0.05) is 115 Å². The van der Waals surface area contributed by atoms with Crippen LogP contribution in [0.25, 0.3) is 0 Å². The van der Waals surface area contributed by atoms with Crippen LogP contribution < -0.4 is 21.5 Å². The number of benzene rings is 3. The summed E-state index contributed by atoms with van der Waals surface area (Å²) in [5, 5.41) is 3.66. The van der Waals surface area contributed by atoms with E-state index in [2.05, 4.69) is 41.4 Å². The Morgan fingerprint density at radius 3 is 1.71 bits per heavy atom. The van der Waals surface area contributed by atoms with Gasteiger partial charge in [-0.25, -0.2) is 9.66 Å². The van der Waals surface area contributed by atoms with E-state index in [0.717, 1.165) is 27.2 Å². The lowest BCUT2D eigenvalue weighted by Gasteiger charge is -2.27. The zero-order valence-corrected chi connectivity index (χ0v) is 20.6. The zero-order chi connectivity index (χ0) is 24.1. The summed E-state index contributed by atoms with van der Waals surface area (Å²) in [6.45, 7) is 0. The normalized spacial score (nSPS) is 11.2. The molecule has 5 aromatic rings. The van der Waals surface area contributed by atoms with E-state index in [1.54, 1.807) is 29.1 Å². The Balaban J connectivity index is 1.84. The summed E-state index contributed by atoms with van der Waals surface area (Å²) in [5.41, 5.74) is 1.57. The molecule has 0 amide bonds. The van der Waals surface area contributed by atoms with Crippen molar-refractivity contribution in [3.05, 3.63) is 154 Å². The van der Waals surface area contributed by atoms with Crippen molar-refractivity contribution in [3.63, 3.8) is 0 Å². The molecule has 6 heteroatoms. The standard InChI is InChI=1S/C29H23ClN3OP/c30-28-20-19-23(22-31-28)21-24-11-10-18-29(34)33(24)32-35(25-12-4-1-5-13-25,26-14-6-2-7-15-26)27-16-8-3-9-17-27/h1-20,22H,21H2. The highest BCUT2D eigenvalue weighted by atomic mass is 35.5. The van der Waals surface area contributed by atoms with Crippen molar-refractivity contribution in [3.8, 4) is 0 Å². The molecule has 2 aromatic heterocycles. The molecule has 172 valence electrons. The molecule has 0 radical (unpaired) electrons. The summed E-state index contributed by atoms with van der Waals surface area (Å²) in [6, 6.07) is 39.8. The molecule has 0 spiro atoms. The van der Waals surface area contributed by atoms with E-state index < -0.39 is 7.05 Å². The van der Waals surface area contributed by atoms with Crippen molar-refractivity contribution in [2.75, 3.05) is 0 Å². The molecule has 0 bridgehead atoms. The van der Waals surface area contributed by atoms with Gasteiger partial charge in [0, 0.05) is 34.6 Å². The first-order valence-corrected chi connectivity index (χ1v) is 13.4. The third kappa shape index (κ3) is 4.77. The van der Waals surface area contributed by atoms with E-state index >= 15 is 0 Å². The van der Waals surface area contributed by atoms with Gasteiger partial charge in [0.1, 0.15) is 5.15 Å². The fourth-order valence-electron chi connectivity index (χ4n) is 4.15. The number of halogens is 1. The average molecular weight is 496 g/mol. The molecule has 35 heavy (non-hydrogen) atoms. The highest BCUT2D eigenvalue weighted by molar-refractivity contribution is 7.87. The van der Waals surface area contributed by atoms with Crippen LogP contribution in [0.15, 0.2) is 137 Å². The predicted octanol–water partition coefficient (Wildman–Crippen LogP) is 5.43. The van der Waals surface area contributed by atoms with Crippen LogP contribution in [0, 0.1) is 0 Å². The fourth-order valence-corrected chi connectivity index (χ4v) is 7.75. The molecule has 0 aliphatic heterocycles. The van der Waals surface area contributed by atoms with Gasteiger partial charge in [0.2, 0.25) is 0 Å². The lowest BCUT2D eigenvalue weighted by atomic mass is 10.1. The first-order chi connectivity index (χ1) is 17.2. The molecule has 0 saturated heterocycles. The molecule has 0 fully saturated rings. The Kier molecular flexibility index (Phi) is 6.76. The van der Waals surface area contributed by atoms with Crippen molar-refractivity contribution in [1.82, 2.24) is 9.66 Å². The molecule has 2 heterocycles. The minimum absolute atomic E-state index is 0.170. The zero-order valence-electron chi connectivity index (χ0n) is 18.9. The Morgan fingerprint density at radius 2 is 1.23 bits per heavy atom. The lowest BCUT2D eigenvalue weighted by Crippen LogP contribution is -2.28. The van der Waals surface area contributed by atoms with Gasteiger partial charge in [0.25, 0.3) is 5.56 Å². The molecular formula is C29H23ClN3OP. The van der Waals surface area contributed by atoms with Gasteiger partial charge in [-0.15, -0.1) is 0 Å². The van der Waals surface area contributed by atoms with Crippen molar-refractivity contribution in [2.24, 2.45) is 4.85 Å². The highest BCUT2D eigenvalue weighted by Gasteiger charge is 2.28.